The van der Waals surface area contributed by atoms with E-state index >= 15 is 0 Å². The monoisotopic (exact) mass is 404 g/mol. The van der Waals surface area contributed by atoms with Crippen molar-refractivity contribution in [3.8, 4) is 10.6 Å². The molecule has 1 amide bonds. The molecular formula is C18H18F2N6OS. The topological polar surface area (TPSA) is 107 Å². The fourth-order valence-corrected chi connectivity index (χ4v) is 3.21. The molecule has 146 valence electrons. The first-order valence-corrected chi connectivity index (χ1v) is 9.17. The highest BCUT2D eigenvalue weighted by Gasteiger charge is 2.24. The van der Waals surface area contributed by atoms with Gasteiger partial charge in [-0.15, -0.1) is 11.3 Å². The number of carbonyl (C=O) groups excluding carboxylic acids is 1. The Labute approximate surface area is 164 Å². The number of alkyl halides is 2. The third-order valence-electron chi connectivity index (χ3n) is 3.88. The van der Waals surface area contributed by atoms with Gasteiger partial charge in [0, 0.05) is 23.7 Å². The lowest BCUT2D eigenvalue weighted by molar-refractivity contribution is 0.100. The number of primary amides is 1. The molecular weight excluding hydrogens is 386 g/mol. The standard InChI is InChI=1S/C18H18F2N6OS/c1-18(2,13-5-3-4-11(25-13)6-14(19)20)26-17-23-7-10(8-24-17)16-22-9-12(28-16)15(21)27/h3-5,7-9,14H,6H2,1-2H3,(H2,21,27)(H,23,24,26). The molecule has 3 aromatic heterocycles. The highest BCUT2D eigenvalue weighted by atomic mass is 32.1. The molecule has 0 spiro atoms. The van der Waals surface area contributed by atoms with E-state index in [9.17, 15) is 13.6 Å². The van der Waals surface area contributed by atoms with Gasteiger partial charge in [0.2, 0.25) is 12.4 Å². The maximum atomic E-state index is 12.6. The molecule has 10 heteroatoms. The van der Waals surface area contributed by atoms with Crippen LogP contribution in [0.25, 0.3) is 10.6 Å². The molecule has 0 aliphatic heterocycles. The summed E-state index contributed by atoms with van der Waals surface area (Å²) in [4.78, 5) is 28.5. The number of aromatic nitrogens is 4. The summed E-state index contributed by atoms with van der Waals surface area (Å²) in [5.41, 5.74) is 6.13. The smallest absolute Gasteiger partial charge is 0.260 e. The second-order valence-electron chi connectivity index (χ2n) is 6.55. The number of anilines is 1. The van der Waals surface area contributed by atoms with Crippen molar-refractivity contribution in [3.05, 3.63) is 53.1 Å². The number of nitrogens with one attached hydrogen (secondary N) is 1. The van der Waals surface area contributed by atoms with Gasteiger partial charge in [-0.2, -0.15) is 0 Å². The average Bonchev–Trinajstić information content (AvgIpc) is 3.12. The van der Waals surface area contributed by atoms with E-state index < -0.39 is 24.3 Å². The van der Waals surface area contributed by atoms with E-state index in [2.05, 4.69) is 25.3 Å². The molecule has 0 atom stereocenters. The normalized spacial score (nSPS) is 11.6. The zero-order chi connectivity index (χ0) is 20.3. The Hall–Kier alpha value is -3.01. The number of nitrogens with two attached hydrogens (primary N) is 1. The summed E-state index contributed by atoms with van der Waals surface area (Å²) in [6.45, 7) is 3.72. The van der Waals surface area contributed by atoms with Crippen LogP contribution in [-0.2, 0) is 12.0 Å². The summed E-state index contributed by atoms with van der Waals surface area (Å²) >= 11 is 1.16. The third kappa shape index (κ3) is 4.63. The van der Waals surface area contributed by atoms with Gasteiger partial charge in [0.15, 0.2) is 0 Å². The Morgan fingerprint density at radius 2 is 1.93 bits per heavy atom. The molecule has 3 N–H and O–H groups in total. The van der Waals surface area contributed by atoms with Crippen LogP contribution in [-0.4, -0.2) is 32.3 Å². The van der Waals surface area contributed by atoms with Crippen molar-refractivity contribution in [1.82, 2.24) is 19.9 Å². The Kier molecular flexibility index (Phi) is 5.59. The number of hydrogen-bond acceptors (Lipinski definition) is 7. The number of thiazole rings is 1. The number of pyridine rings is 1. The van der Waals surface area contributed by atoms with E-state index in [-0.39, 0.29) is 0 Å². The zero-order valence-corrected chi connectivity index (χ0v) is 16.0. The van der Waals surface area contributed by atoms with Crippen molar-refractivity contribution >= 4 is 23.2 Å². The Balaban J connectivity index is 1.76. The molecule has 3 heterocycles. The predicted octanol–water partition coefficient (Wildman–Crippen LogP) is 3.25. The van der Waals surface area contributed by atoms with Crippen molar-refractivity contribution in [1.29, 1.82) is 0 Å². The quantitative estimate of drug-likeness (QED) is 0.626. The van der Waals surface area contributed by atoms with E-state index in [1.807, 2.05) is 13.8 Å². The summed E-state index contributed by atoms with van der Waals surface area (Å²) in [7, 11) is 0. The summed E-state index contributed by atoms with van der Waals surface area (Å²) in [5.74, 6) is -0.187. The Bertz CT molecular complexity index is 974. The summed E-state index contributed by atoms with van der Waals surface area (Å²) in [6, 6.07) is 5.04. The largest absolute Gasteiger partial charge is 0.365 e. The van der Waals surface area contributed by atoms with Crippen molar-refractivity contribution < 1.29 is 13.6 Å². The first-order chi connectivity index (χ1) is 13.2. The Morgan fingerprint density at radius 1 is 1.21 bits per heavy atom. The van der Waals surface area contributed by atoms with E-state index in [1.165, 1.54) is 6.20 Å². The summed E-state index contributed by atoms with van der Waals surface area (Å²) in [5, 5.41) is 3.74. The molecule has 0 bridgehead atoms. The predicted molar refractivity (Wildman–Crippen MR) is 102 cm³/mol. The fourth-order valence-electron chi connectivity index (χ4n) is 2.47. The molecule has 0 aliphatic carbocycles. The lowest BCUT2D eigenvalue weighted by atomic mass is 9.99. The summed E-state index contributed by atoms with van der Waals surface area (Å²) in [6.07, 6.45) is 1.73. The summed E-state index contributed by atoms with van der Waals surface area (Å²) < 4.78 is 25.2. The first-order valence-electron chi connectivity index (χ1n) is 8.35. The van der Waals surface area contributed by atoms with Gasteiger partial charge in [-0.3, -0.25) is 9.78 Å². The highest BCUT2D eigenvalue weighted by molar-refractivity contribution is 7.16. The van der Waals surface area contributed by atoms with Crippen molar-refractivity contribution in [2.24, 2.45) is 5.73 Å². The van der Waals surface area contributed by atoms with Gasteiger partial charge >= 0.3 is 0 Å². The van der Waals surface area contributed by atoms with Crippen LogP contribution in [0.1, 0.15) is 34.9 Å². The molecule has 28 heavy (non-hydrogen) atoms. The number of halogens is 2. The van der Waals surface area contributed by atoms with E-state index in [4.69, 9.17) is 5.73 Å². The molecule has 3 rings (SSSR count). The van der Waals surface area contributed by atoms with E-state index in [1.54, 1.807) is 30.6 Å². The second kappa shape index (κ2) is 7.93. The van der Waals surface area contributed by atoms with E-state index in [0.717, 1.165) is 11.3 Å². The number of rotatable bonds is 7. The van der Waals surface area contributed by atoms with Gasteiger partial charge in [0.05, 0.1) is 23.9 Å². The minimum atomic E-state index is -2.45. The second-order valence-corrected chi connectivity index (χ2v) is 7.58. The minimum Gasteiger partial charge on any atom is -0.365 e. The van der Waals surface area contributed by atoms with Crippen LogP contribution in [0.5, 0.6) is 0 Å². The van der Waals surface area contributed by atoms with Gasteiger partial charge in [-0.05, 0) is 26.0 Å². The number of amides is 1. The number of nitrogens with zero attached hydrogens (tertiary/aromatic N) is 4. The van der Waals surface area contributed by atoms with Crippen molar-refractivity contribution in [2.75, 3.05) is 5.32 Å². The van der Waals surface area contributed by atoms with Crippen LogP contribution < -0.4 is 11.1 Å². The van der Waals surface area contributed by atoms with Gasteiger partial charge in [0.25, 0.3) is 5.91 Å². The highest BCUT2D eigenvalue weighted by Crippen LogP contribution is 2.26. The van der Waals surface area contributed by atoms with Crippen LogP contribution in [0, 0.1) is 0 Å². The third-order valence-corrected chi connectivity index (χ3v) is 4.94. The van der Waals surface area contributed by atoms with Crippen LogP contribution in [0.4, 0.5) is 14.7 Å². The molecule has 0 fully saturated rings. The van der Waals surface area contributed by atoms with Gasteiger partial charge in [-0.1, -0.05) is 6.07 Å². The molecule has 0 saturated carbocycles. The van der Waals surface area contributed by atoms with Gasteiger partial charge in [-0.25, -0.2) is 23.7 Å². The van der Waals surface area contributed by atoms with Crippen molar-refractivity contribution in [3.63, 3.8) is 0 Å². The molecule has 0 aromatic carbocycles. The molecule has 7 nitrogen and oxygen atoms in total. The fraction of sp³-hybridized carbons (Fsp3) is 0.278. The maximum Gasteiger partial charge on any atom is 0.260 e. The van der Waals surface area contributed by atoms with Crippen LogP contribution >= 0.6 is 11.3 Å². The molecule has 0 radical (unpaired) electrons. The SMILES string of the molecule is CC(C)(Nc1ncc(-c2ncc(C(N)=O)s2)cn1)c1cccc(CC(F)F)n1. The average molecular weight is 404 g/mol. The lowest BCUT2D eigenvalue weighted by Gasteiger charge is -2.26. The van der Waals surface area contributed by atoms with Crippen LogP contribution in [0.2, 0.25) is 0 Å². The lowest BCUT2D eigenvalue weighted by Crippen LogP contribution is -2.30. The molecule has 0 aliphatic rings. The first kappa shape index (κ1) is 19.7. The van der Waals surface area contributed by atoms with Crippen molar-refractivity contribution in [2.45, 2.75) is 32.2 Å². The van der Waals surface area contributed by atoms with Crippen LogP contribution in [0.15, 0.2) is 36.8 Å². The minimum absolute atomic E-state index is 0.327. The van der Waals surface area contributed by atoms with Gasteiger partial charge < -0.3 is 11.1 Å². The molecule has 3 aromatic rings. The van der Waals surface area contributed by atoms with E-state index in [0.29, 0.717) is 32.8 Å². The Morgan fingerprint density at radius 3 is 2.54 bits per heavy atom. The van der Waals surface area contributed by atoms with Gasteiger partial charge in [0.1, 0.15) is 9.88 Å². The van der Waals surface area contributed by atoms with Crippen LogP contribution in [0.3, 0.4) is 0 Å². The number of hydrogen-bond donors (Lipinski definition) is 2. The molecule has 0 saturated heterocycles. The maximum absolute atomic E-state index is 12.6. The number of carbonyl (C=O) groups is 1. The zero-order valence-electron chi connectivity index (χ0n) is 15.2. The molecule has 0 unspecified atom stereocenters.